The molecule has 0 spiro atoms. The fraction of sp³-hybridized carbons (Fsp3) is 0. The Hall–Kier alpha value is -2.90. The number of fused-ring (bicyclic) bond motifs is 4. The van der Waals surface area contributed by atoms with E-state index in [0.717, 1.165) is 33.3 Å². The normalized spacial score (nSPS) is 15.1. The second-order valence-electron chi connectivity index (χ2n) is 5.78. The van der Waals surface area contributed by atoms with Crippen LogP contribution in [0, 0.1) is 0 Å². The molecule has 0 bridgehead atoms. The van der Waals surface area contributed by atoms with Gasteiger partial charge in [-0.2, -0.15) is 0 Å². The zero-order chi connectivity index (χ0) is 16.6. The minimum absolute atomic E-state index is 0.749. The maximum atomic E-state index is 6.33. The molecule has 2 heterocycles. The molecule has 0 radical (unpaired) electrons. The van der Waals surface area contributed by atoms with E-state index in [9.17, 15) is 0 Å². The van der Waals surface area contributed by atoms with Gasteiger partial charge < -0.3 is 9.05 Å². The van der Waals surface area contributed by atoms with Gasteiger partial charge in [-0.05, 0) is 29.8 Å². The van der Waals surface area contributed by atoms with Gasteiger partial charge in [-0.3, -0.25) is 4.98 Å². The first kappa shape index (κ1) is 14.4. The van der Waals surface area contributed by atoms with E-state index in [0.29, 0.717) is 0 Å². The zero-order valence-corrected chi connectivity index (χ0v) is 14.2. The Balaban J connectivity index is 1.61. The Kier molecular flexibility index (Phi) is 3.39. The molecule has 3 nitrogen and oxygen atoms in total. The number of pyridine rings is 1. The molecule has 0 amide bonds. The predicted molar refractivity (Wildman–Crippen MR) is 101 cm³/mol. The molecule has 1 aliphatic heterocycles. The largest absolute Gasteiger partial charge is 0.435 e. The van der Waals surface area contributed by atoms with E-state index in [1.54, 1.807) is 6.20 Å². The van der Waals surface area contributed by atoms with Crippen LogP contribution in [0.5, 0.6) is 11.5 Å². The molecule has 4 heteroatoms. The van der Waals surface area contributed by atoms with Crippen LogP contribution in [0.3, 0.4) is 0 Å². The summed E-state index contributed by atoms with van der Waals surface area (Å²) in [7, 11) is -1.26. The molecule has 0 saturated carbocycles. The molecule has 1 unspecified atom stereocenters. The topological polar surface area (TPSA) is 31.4 Å². The van der Waals surface area contributed by atoms with Crippen LogP contribution in [-0.4, -0.2) is 4.98 Å². The van der Waals surface area contributed by atoms with Crippen molar-refractivity contribution < 1.29 is 9.05 Å². The van der Waals surface area contributed by atoms with Crippen LogP contribution in [0.4, 0.5) is 0 Å². The third kappa shape index (κ3) is 2.45. The number of hydrogen-bond acceptors (Lipinski definition) is 3. The number of aromatic nitrogens is 1. The highest BCUT2D eigenvalue weighted by Crippen LogP contribution is 2.49. The van der Waals surface area contributed by atoms with Gasteiger partial charge in [0.1, 0.15) is 11.3 Å². The molecular formula is C21H14NO2P. The first-order chi connectivity index (χ1) is 12.4. The summed E-state index contributed by atoms with van der Waals surface area (Å²) in [4.78, 5) is 4.48. The van der Waals surface area contributed by atoms with Gasteiger partial charge in [0, 0.05) is 17.1 Å². The Bertz CT molecular complexity index is 1070. The zero-order valence-electron chi connectivity index (χ0n) is 13.3. The van der Waals surface area contributed by atoms with Gasteiger partial charge >= 0.3 is 8.38 Å². The molecule has 3 aromatic carbocycles. The summed E-state index contributed by atoms with van der Waals surface area (Å²) in [6.45, 7) is 0. The van der Waals surface area contributed by atoms with Gasteiger partial charge in [-0.15, -0.1) is 0 Å². The molecule has 0 saturated heterocycles. The minimum atomic E-state index is -1.26. The number of benzene rings is 3. The second-order valence-corrected chi connectivity index (χ2v) is 7.15. The lowest BCUT2D eigenvalue weighted by atomic mass is 10.0. The van der Waals surface area contributed by atoms with Crippen LogP contribution in [0.2, 0.25) is 0 Å². The molecular weight excluding hydrogens is 329 g/mol. The summed E-state index contributed by atoms with van der Waals surface area (Å²) < 4.78 is 12.6. The van der Waals surface area contributed by atoms with Gasteiger partial charge in [-0.1, -0.05) is 54.6 Å². The Morgan fingerprint density at radius 1 is 0.760 bits per heavy atom. The molecule has 0 fully saturated rings. The highest BCUT2D eigenvalue weighted by molar-refractivity contribution is 7.57. The highest BCUT2D eigenvalue weighted by Gasteiger charge is 2.29. The fourth-order valence-corrected chi connectivity index (χ4v) is 4.57. The standard InChI is InChI=1S/C21H14NO2P/c1-3-11-18-16(9-1)17-10-2-4-13-20(17)25(23-18)24-19-12-5-7-15-8-6-14-22-21(15)19/h1-14H. The average molecular weight is 343 g/mol. The third-order valence-corrected chi connectivity index (χ3v) is 5.74. The maximum Gasteiger partial charge on any atom is 0.326 e. The lowest BCUT2D eigenvalue weighted by Crippen LogP contribution is -2.17. The summed E-state index contributed by atoms with van der Waals surface area (Å²) in [5.74, 6) is 1.61. The molecule has 120 valence electrons. The average Bonchev–Trinajstić information content (AvgIpc) is 2.68. The number of para-hydroxylation sites is 2. The SMILES string of the molecule is c1ccc2c(c1)OP(Oc1cccc3cccnc13)c1ccccc1-2. The van der Waals surface area contributed by atoms with E-state index >= 15 is 0 Å². The summed E-state index contributed by atoms with van der Waals surface area (Å²) in [6.07, 6.45) is 1.79. The molecule has 0 aliphatic carbocycles. The Morgan fingerprint density at radius 2 is 1.56 bits per heavy atom. The van der Waals surface area contributed by atoms with Crippen molar-refractivity contribution in [2.24, 2.45) is 0 Å². The molecule has 1 aliphatic rings. The van der Waals surface area contributed by atoms with Crippen molar-refractivity contribution in [2.45, 2.75) is 0 Å². The smallest absolute Gasteiger partial charge is 0.326 e. The van der Waals surface area contributed by atoms with Crippen LogP contribution in [-0.2, 0) is 0 Å². The quantitative estimate of drug-likeness (QED) is 0.462. The second kappa shape index (κ2) is 5.87. The summed E-state index contributed by atoms with van der Waals surface area (Å²) in [5.41, 5.74) is 3.13. The monoisotopic (exact) mass is 343 g/mol. The van der Waals surface area contributed by atoms with E-state index in [1.807, 2.05) is 60.7 Å². The van der Waals surface area contributed by atoms with Gasteiger partial charge in [0.15, 0.2) is 5.75 Å². The maximum absolute atomic E-state index is 6.33. The van der Waals surface area contributed by atoms with Gasteiger partial charge in [0.05, 0.1) is 5.30 Å². The molecule has 1 aromatic heterocycles. The van der Waals surface area contributed by atoms with Gasteiger partial charge in [-0.25, -0.2) is 0 Å². The molecule has 0 N–H and O–H groups in total. The molecule has 25 heavy (non-hydrogen) atoms. The van der Waals surface area contributed by atoms with Crippen molar-refractivity contribution in [3.63, 3.8) is 0 Å². The number of rotatable bonds is 2. The van der Waals surface area contributed by atoms with Crippen molar-refractivity contribution in [1.29, 1.82) is 0 Å². The van der Waals surface area contributed by atoms with E-state index in [-0.39, 0.29) is 0 Å². The summed E-state index contributed by atoms with van der Waals surface area (Å²) in [5, 5.41) is 2.14. The molecule has 5 rings (SSSR count). The molecule has 1 atom stereocenters. The van der Waals surface area contributed by atoms with Crippen molar-refractivity contribution in [1.82, 2.24) is 4.98 Å². The van der Waals surface area contributed by atoms with E-state index < -0.39 is 8.38 Å². The van der Waals surface area contributed by atoms with Crippen molar-refractivity contribution in [2.75, 3.05) is 0 Å². The summed E-state index contributed by atoms with van der Waals surface area (Å²) in [6, 6.07) is 26.3. The third-order valence-electron chi connectivity index (χ3n) is 4.24. The van der Waals surface area contributed by atoms with Crippen molar-refractivity contribution in [3.05, 3.63) is 85.1 Å². The predicted octanol–water partition coefficient (Wildman–Crippen LogP) is 5.31. The molecule has 4 aromatic rings. The highest BCUT2D eigenvalue weighted by atomic mass is 31.2. The first-order valence-corrected chi connectivity index (χ1v) is 9.26. The Morgan fingerprint density at radius 3 is 2.52 bits per heavy atom. The van der Waals surface area contributed by atoms with E-state index in [1.165, 1.54) is 5.56 Å². The Labute approximate surface area is 146 Å². The fourth-order valence-electron chi connectivity index (χ4n) is 3.07. The van der Waals surface area contributed by atoms with Gasteiger partial charge in [0.25, 0.3) is 0 Å². The van der Waals surface area contributed by atoms with Crippen LogP contribution in [0.15, 0.2) is 85.1 Å². The minimum Gasteiger partial charge on any atom is -0.435 e. The number of nitrogens with zero attached hydrogens (tertiary/aromatic N) is 1. The first-order valence-electron chi connectivity index (χ1n) is 8.08. The van der Waals surface area contributed by atoms with Crippen LogP contribution in [0.25, 0.3) is 22.0 Å². The van der Waals surface area contributed by atoms with Crippen LogP contribution < -0.4 is 14.4 Å². The summed E-state index contributed by atoms with van der Waals surface area (Å²) >= 11 is 0. The number of hydrogen-bond donors (Lipinski definition) is 0. The van der Waals surface area contributed by atoms with Crippen molar-refractivity contribution >= 4 is 24.6 Å². The van der Waals surface area contributed by atoms with Crippen molar-refractivity contribution in [3.8, 4) is 22.6 Å². The van der Waals surface area contributed by atoms with Gasteiger partial charge in [0.2, 0.25) is 0 Å². The van der Waals surface area contributed by atoms with E-state index in [2.05, 4.69) is 23.2 Å². The van der Waals surface area contributed by atoms with Crippen LogP contribution >= 0.6 is 8.38 Å². The van der Waals surface area contributed by atoms with Crippen LogP contribution in [0.1, 0.15) is 0 Å². The lowest BCUT2D eigenvalue weighted by molar-refractivity contribution is 0.503. The lowest BCUT2D eigenvalue weighted by Gasteiger charge is -2.27. The van der Waals surface area contributed by atoms with E-state index in [4.69, 9.17) is 9.05 Å².